The van der Waals surface area contributed by atoms with Crippen molar-refractivity contribution in [3.05, 3.63) is 28.8 Å². The van der Waals surface area contributed by atoms with Crippen LogP contribution in [-0.2, 0) is 0 Å². The van der Waals surface area contributed by atoms with E-state index in [1.807, 2.05) is 6.92 Å². The third kappa shape index (κ3) is 3.39. The van der Waals surface area contributed by atoms with Crippen LogP contribution in [0.5, 0.6) is 0 Å². The maximum atomic E-state index is 12.5. The minimum Gasteiger partial charge on any atom is -0.398 e. The third-order valence-corrected chi connectivity index (χ3v) is 3.76. The van der Waals surface area contributed by atoms with Crippen LogP contribution in [0, 0.1) is 0 Å². The number of carbonyl (C=O) groups is 2. The van der Waals surface area contributed by atoms with Gasteiger partial charge in [-0.25, -0.2) is 4.79 Å². The number of nitrogens with one attached hydrogen (secondary N) is 1. The molecule has 1 saturated heterocycles. The van der Waals surface area contributed by atoms with Crippen LogP contribution in [0.2, 0.25) is 5.02 Å². The summed E-state index contributed by atoms with van der Waals surface area (Å²) in [7, 11) is 0. The molecule has 0 spiro atoms. The van der Waals surface area contributed by atoms with Crippen molar-refractivity contribution < 1.29 is 9.59 Å². The quantitative estimate of drug-likeness (QED) is 0.811. The number of hydrogen-bond donors (Lipinski definition) is 2. The number of nitrogens with zero attached hydrogens (tertiary/aromatic N) is 2. The molecule has 0 bridgehead atoms. The zero-order valence-electron chi connectivity index (χ0n) is 11.9. The molecule has 2 rings (SSSR count). The first kappa shape index (κ1) is 15.4. The zero-order chi connectivity index (χ0) is 15.4. The largest absolute Gasteiger partial charge is 0.398 e. The van der Waals surface area contributed by atoms with Crippen LogP contribution in [0.15, 0.2) is 18.2 Å². The van der Waals surface area contributed by atoms with Crippen molar-refractivity contribution >= 4 is 29.2 Å². The first-order chi connectivity index (χ1) is 10.0. The van der Waals surface area contributed by atoms with Crippen molar-refractivity contribution in [2.24, 2.45) is 0 Å². The first-order valence-corrected chi connectivity index (χ1v) is 7.28. The lowest BCUT2D eigenvalue weighted by Gasteiger charge is -2.35. The Balaban J connectivity index is 2.02. The van der Waals surface area contributed by atoms with E-state index in [0.29, 0.717) is 49.0 Å². The molecule has 1 heterocycles. The second kappa shape index (κ2) is 6.67. The molecular weight excluding hydrogens is 292 g/mol. The normalized spacial score (nSPS) is 15.0. The molecule has 0 radical (unpaired) electrons. The second-order valence-electron chi connectivity index (χ2n) is 4.82. The lowest BCUT2D eigenvalue weighted by molar-refractivity contribution is 0.0666. The molecule has 114 valence electrons. The molecule has 0 atom stereocenters. The van der Waals surface area contributed by atoms with E-state index in [9.17, 15) is 9.59 Å². The smallest absolute Gasteiger partial charge is 0.317 e. The van der Waals surface area contributed by atoms with Gasteiger partial charge in [0.1, 0.15) is 0 Å². The number of piperazine rings is 1. The molecule has 1 aliphatic rings. The molecule has 0 saturated carbocycles. The molecule has 1 fully saturated rings. The van der Waals surface area contributed by atoms with Gasteiger partial charge in [0.05, 0.1) is 10.6 Å². The number of halogens is 1. The highest BCUT2D eigenvalue weighted by molar-refractivity contribution is 6.34. The summed E-state index contributed by atoms with van der Waals surface area (Å²) < 4.78 is 0. The Labute approximate surface area is 128 Å². The number of hydrogen-bond acceptors (Lipinski definition) is 3. The summed E-state index contributed by atoms with van der Waals surface area (Å²) >= 11 is 6.06. The topological polar surface area (TPSA) is 78.7 Å². The van der Waals surface area contributed by atoms with Crippen LogP contribution < -0.4 is 11.1 Å². The van der Waals surface area contributed by atoms with Crippen LogP contribution in [-0.4, -0.2) is 54.5 Å². The molecule has 3 N–H and O–H groups in total. The predicted octanol–water partition coefficient (Wildman–Crippen LogP) is 1.41. The van der Waals surface area contributed by atoms with Crippen molar-refractivity contribution in [2.45, 2.75) is 6.92 Å². The highest BCUT2D eigenvalue weighted by atomic mass is 35.5. The van der Waals surface area contributed by atoms with E-state index in [1.165, 1.54) is 0 Å². The van der Waals surface area contributed by atoms with Gasteiger partial charge in [0, 0.05) is 38.4 Å². The summed E-state index contributed by atoms with van der Waals surface area (Å²) in [6.45, 7) is 4.41. The van der Waals surface area contributed by atoms with Crippen molar-refractivity contribution in [3.8, 4) is 0 Å². The van der Waals surface area contributed by atoms with Gasteiger partial charge in [0.25, 0.3) is 5.91 Å². The van der Waals surface area contributed by atoms with Crippen molar-refractivity contribution in [2.75, 3.05) is 38.5 Å². The summed E-state index contributed by atoms with van der Waals surface area (Å²) in [5.74, 6) is -0.186. The first-order valence-electron chi connectivity index (χ1n) is 6.90. The maximum Gasteiger partial charge on any atom is 0.317 e. The van der Waals surface area contributed by atoms with E-state index in [-0.39, 0.29) is 11.9 Å². The van der Waals surface area contributed by atoms with Gasteiger partial charge in [0.15, 0.2) is 0 Å². The summed E-state index contributed by atoms with van der Waals surface area (Å²) in [6.07, 6.45) is 0. The Morgan fingerprint density at radius 2 is 1.86 bits per heavy atom. The number of nitrogen functional groups attached to an aromatic ring is 1. The molecule has 0 unspecified atom stereocenters. The van der Waals surface area contributed by atoms with Gasteiger partial charge in [-0.2, -0.15) is 0 Å². The molecule has 1 aliphatic heterocycles. The summed E-state index contributed by atoms with van der Waals surface area (Å²) in [5.41, 5.74) is 6.55. The molecular formula is C14H19ClN4O2. The van der Waals surface area contributed by atoms with Crippen LogP contribution in [0.1, 0.15) is 17.3 Å². The number of benzene rings is 1. The summed E-state index contributed by atoms with van der Waals surface area (Å²) in [4.78, 5) is 27.6. The van der Waals surface area contributed by atoms with Gasteiger partial charge in [-0.15, -0.1) is 0 Å². The summed E-state index contributed by atoms with van der Waals surface area (Å²) in [5, 5.41) is 3.10. The minimum absolute atomic E-state index is 0.0955. The Bertz CT molecular complexity index is 522. The molecule has 7 heteroatoms. The zero-order valence-corrected chi connectivity index (χ0v) is 12.7. The number of urea groups is 1. The number of nitrogens with two attached hydrogens (primary N) is 1. The lowest BCUT2D eigenvalue weighted by Crippen LogP contribution is -2.53. The van der Waals surface area contributed by atoms with Crippen molar-refractivity contribution in [3.63, 3.8) is 0 Å². The highest BCUT2D eigenvalue weighted by Crippen LogP contribution is 2.24. The average molecular weight is 311 g/mol. The van der Waals surface area contributed by atoms with Crippen LogP contribution in [0.3, 0.4) is 0 Å². The van der Waals surface area contributed by atoms with Gasteiger partial charge >= 0.3 is 6.03 Å². The highest BCUT2D eigenvalue weighted by Gasteiger charge is 2.26. The Hall–Kier alpha value is -1.95. The second-order valence-corrected chi connectivity index (χ2v) is 5.23. The van der Waals surface area contributed by atoms with Gasteiger partial charge < -0.3 is 20.9 Å². The molecule has 0 aromatic heterocycles. The van der Waals surface area contributed by atoms with Crippen molar-refractivity contribution in [1.29, 1.82) is 0 Å². The van der Waals surface area contributed by atoms with Crippen LogP contribution >= 0.6 is 11.6 Å². The molecule has 21 heavy (non-hydrogen) atoms. The molecule has 6 nitrogen and oxygen atoms in total. The predicted molar refractivity (Wildman–Crippen MR) is 82.4 cm³/mol. The number of carbonyl (C=O) groups excluding carboxylic acids is 2. The lowest BCUT2D eigenvalue weighted by atomic mass is 10.1. The number of anilines is 1. The Morgan fingerprint density at radius 3 is 2.43 bits per heavy atom. The van der Waals surface area contributed by atoms with Crippen LogP contribution in [0.25, 0.3) is 0 Å². The van der Waals surface area contributed by atoms with E-state index in [1.54, 1.807) is 28.0 Å². The van der Waals surface area contributed by atoms with E-state index in [2.05, 4.69) is 5.32 Å². The SMILES string of the molecule is CCNC(=O)N1CCN(C(=O)c2c(N)cccc2Cl)CC1. The Morgan fingerprint density at radius 1 is 1.24 bits per heavy atom. The average Bonchev–Trinajstić information content (AvgIpc) is 2.47. The third-order valence-electron chi connectivity index (χ3n) is 3.44. The fourth-order valence-corrected chi connectivity index (χ4v) is 2.56. The summed E-state index contributed by atoms with van der Waals surface area (Å²) in [6, 6.07) is 4.92. The number of amides is 3. The van der Waals surface area contributed by atoms with E-state index >= 15 is 0 Å². The number of rotatable bonds is 2. The minimum atomic E-state index is -0.186. The monoisotopic (exact) mass is 310 g/mol. The molecule has 1 aromatic carbocycles. The molecule has 1 aromatic rings. The van der Waals surface area contributed by atoms with E-state index in [4.69, 9.17) is 17.3 Å². The van der Waals surface area contributed by atoms with Crippen LogP contribution in [0.4, 0.5) is 10.5 Å². The Kier molecular flexibility index (Phi) is 4.90. The molecule has 0 aliphatic carbocycles. The fourth-order valence-electron chi connectivity index (χ4n) is 2.30. The van der Waals surface area contributed by atoms with Gasteiger partial charge in [-0.3, -0.25) is 4.79 Å². The fraction of sp³-hybridized carbons (Fsp3) is 0.429. The van der Waals surface area contributed by atoms with Crippen molar-refractivity contribution in [1.82, 2.24) is 15.1 Å². The van der Waals surface area contributed by atoms with Gasteiger partial charge in [0.2, 0.25) is 0 Å². The van der Waals surface area contributed by atoms with E-state index < -0.39 is 0 Å². The molecule has 3 amide bonds. The standard InChI is InChI=1S/C14H19ClN4O2/c1-2-17-14(21)19-8-6-18(7-9-19)13(20)12-10(15)4-3-5-11(12)16/h3-5H,2,6-9,16H2,1H3,(H,17,21). The van der Waals surface area contributed by atoms with E-state index in [0.717, 1.165) is 0 Å². The maximum absolute atomic E-state index is 12.5. The van der Waals surface area contributed by atoms with Gasteiger partial charge in [-0.1, -0.05) is 17.7 Å². The van der Waals surface area contributed by atoms with Gasteiger partial charge in [-0.05, 0) is 19.1 Å².